The summed E-state index contributed by atoms with van der Waals surface area (Å²) in [5.74, 6) is 0.727. The van der Waals surface area contributed by atoms with Gasteiger partial charge < -0.3 is 5.32 Å². The number of hydrogen-bond donors (Lipinski definition) is 1. The first-order valence-electron chi connectivity index (χ1n) is 6.76. The van der Waals surface area contributed by atoms with Crippen LogP contribution in [-0.2, 0) is 0 Å². The lowest BCUT2D eigenvalue weighted by atomic mass is 10.1. The summed E-state index contributed by atoms with van der Waals surface area (Å²) in [6, 6.07) is 14.5. The highest BCUT2D eigenvalue weighted by atomic mass is 32.2. The number of Topliss-reactive ketones (excluding diaryl/α,β-unsaturated/α-hetero) is 1. The van der Waals surface area contributed by atoms with Crippen molar-refractivity contribution in [1.29, 1.82) is 0 Å². The molecule has 3 nitrogen and oxygen atoms in total. The topological polar surface area (TPSA) is 46.2 Å². The minimum Gasteiger partial charge on any atom is -0.322 e. The van der Waals surface area contributed by atoms with Gasteiger partial charge in [-0.25, -0.2) is 0 Å². The predicted molar refractivity (Wildman–Crippen MR) is 87.2 cm³/mol. The van der Waals surface area contributed by atoms with Gasteiger partial charge >= 0.3 is 0 Å². The first-order chi connectivity index (χ1) is 10.1. The van der Waals surface area contributed by atoms with Crippen LogP contribution in [0.25, 0.3) is 0 Å². The molecule has 0 saturated heterocycles. The van der Waals surface area contributed by atoms with Crippen molar-refractivity contribution in [3.63, 3.8) is 0 Å². The van der Waals surface area contributed by atoms with Crippen LogP contribution in [0.5, 0.6) is 0 Å². The summed E-state index contributed by atoms with van der Waals surface area (Å²) >= 11 is 1.63. The summed E-state index contributed by atoms with van der Waals surface area (Å²) < 4.78 is 0. The van der Waals surface area contributed by atoms with Crippen LogP contribution in [-0.4, -0.2) is 17.4 Å². The molecule has 0 radical (unpaired) electrons. The maximum atomic E-state index is 12.4. The van der Waals surface area contributed by atoms with Crippen molar-refractivity contribution >= 4 is 29.1 Å². The molecule has 2 rings (SSSR count). The van der Waals surface area contributed by atoms with Crippen molar-refractivity contribution in [3.05, 3.63) is 59.7 Å². The second kappa shape index (κ2) is 7.09. The van der Waals surface area contributed by atoms with E-state index in [1.807, 2.05) is 24.3 Å². The highest BCUT2D eigenvalue weighted by Crippen LogP contribution is 2.23. The first kappa shape index (κ1) is 15.3. The van der Waals surface area contributed by atoms with Crippen molar-refractivity contribution in [2.24, 2.45) is 0 Å². The van der Waals surface area contributed by atoms with E-state index in [1.54, 1.807) is 36.0 Å². The number of thioether (sulfide) groups is 1. The van der Waals surface area contributed by atoms with Crippen molar-refractivity contribution in [2.75, 3.05) is 11.1 Å². The van der Waals surface area contributed by atoms with Gasteiger partial charge in [-0.3, -0.25) is 9.59 Å². The monoisotopic (exact) mass is 299 g/mol. The molecule has 1 N–H and O–H groups in total. The van der Waals surface area contributed by atoms with E-state index in [0.717, 1.165) is 10.6 Å². The summed E-state index contributed by atoms with van der Waals surface area (Å²) in [4.78, 5) is 24.7. The standard InChI is InChI=1S/C17H17NO2S/c1-3-21-16-10-5-4-9-15(16)17(20)18-14-8-6-7-13(11-14)12(2)19/h4-11H,3H2,1-2H3,(H,18,20). The molecular weight excluding hydrogens is 282 g/mol. The van der Waals surface area contributed by atoms with Crippen LogP contribution in [0.3, 0.4) is 0 Å². The molecule has 0 aliphatic rings. The van der Waals surface area contributed by atoms with E-state index < -0.39 is 0 Å². The number of ketones is 1. The second-order valence-electron chi connectivity index (χ2n) is 4.52. The number of rotatable bonds is 5. The molecule has 0 unspecified atom stereocenters. The van der Waals surface area contributed by atoms with Gasteiger partial charge in [0.15, 0.2) is 5.78 Å². The smallest absolute Gasteiger partial charge is 0.256 e. The predicted octanol–water partition coefficient (Wildman–Crippen LogP) is 4.25. The lowest BCUT2D eigenvalue weighted by Crippen LogP contribution is -2.13. The fraction of sp³-hybridized carbons (Fsp3) is 0.176. The highest BCUT2D eigenvalue weighted by molar-refractivity contribution is 7.99. The van der Waals surface area contributed by atoms with E-state index >= 15 is 0 Å². The molecule has 0 aliphatic heterocycles. The van der Waals surface area contributed by atoms with Gasteiger partial charge in [-0.15, -0.1) is 11.8 Å². The zero-order valence-electron chi connectivity index (χ0n) is 12.1. The van der Waals surface area contributed by atoms with Gasteiger partial charge in [-0.1, -0.05) is 31.2 Å². The number of anilines is 1. The largest absolute Gasteiger partial charge is 0.322 e. The molecule has 0 fully saturated rings. The summed E-state index contributed by atoms with van der Waals surface area (Å²) in [5, 5.41) is 2.85. The maximum Gasteiger partial charge on any atom is 0.256 e. The number of benzene rings is 2. The molecule has 4 heteroatoms. The SMILES string of the molecule is CCSc1ccccc1C(=O)Nc1cccc(C(C)=O)c1. The Bertz CT molecular complexity index is 667. The zero-order valence-corrected chi connectivity index (χ0v) is 12.9. The third-order valence-corrected chi connectivity index (χ3v) is 3.91. The third kappa shape index (κ3) is 3.95. The molecule has 0 aromatic heterocycles. The Balaban J connectivity index is 2.22. The summed E-state index contributed by atoms with van der Waals surface area (Å²) in [6.45, 7) is 3.56. The molecule has 1 amide bonds. The fourth-order valence-corrected chi connectivity index (χ4v) is 2.75. The highest BCUT2D eigenvalue weighted by Gasteiger charge is 2.11. The molecular formula is C17H17NO2S. The van der Waals surface area contributed by atoms with Crippen LogP contribution in [0.2, 0.25) is 0 Å². The van der Waals surface area contributed by atoms with Crippen LogP contribution in [0.15, 0.2) is 53.4 Å². The van der Waals surface area contributed by atoms with Gasteiger partial charge in [0.25, 0.3) is 5.91 Å². The Morgan fingerprint density at radius 1 is 1.10 bits per heavy atom. The molecule has 0 aliphatic carbocycles. The number of carbonyl (C=O) groups is 2. The molecule has 108 valence electrons. The molecule has 0 spiro atoms. The molecule has 0 bridgehead atoms. The van der Waals surface area contributed by atoms with E-state index in [1.165, 1.54) is 6.92 Å². The summed E-state index contributed by atoms with van der Waals surface area (Å²) in [7, 11) is 0. The lowest BCUT2D eigenvalue weighted by Gasteiger charge is -2.09. The van der Waals surface area contributed by atoms with Crippen molar-refractivity contribution in [2.45, 2.75) is 18.7 Å². The Kier molecular flexibility index (Phi) is 5.17. The molecule has 21 heavy (non-hydrogen) atoms. The maximum absolute atomic E-state index is 12.4. The Morgan fingerprint density at radius 2 is 1.86 bits per heavy atom. The minimum absolute atomic E-state index is 0.0203. The normalized spacial score (nSPS) is 10.2. The van der Waals surface area contributed by atoms with Crippen molar-refractivity contribution < 1.29 is 9.59 Å². The lowest BCUT2D eigenvalue weighted by molar-refractivity contribution is 0.101. The minimum atomic E-state index is -0.160. The van der Waals surface area contributed by atoms with E-state index in [9.17, 15) is 9.59 Å². The number of carbonyl (C=O) groups excluding carboxylic acids is 2. The number of nitrogens with one attached hydrogen (secondary N) is 1. The quantitative estimate of drug-likeness (QED) is 0.663. The summed E-state index contributed by atoms with van der Waals surface area (Å²) in [6.07, 6.45) is 0. The second-order valence-corrected chi connectivity index (χ2v) is 5.83. The van der Waals surface area contributed by atoms with Crippen LogP contribution in [0.1, 0.15) is 34.6 Å². The van der Waals surface area contributed by atoms with Gasteiger partial charge in [-0.05, 0) is 36.9 Å². The van der Waals surface area contributed by atoms with E-state index in [0.29, 0.717) is 16.8 Å². The Labute approximate surface area is 128 Å². The third-order valence-electron chi connectivity index (χ3n) is 2.96. The molecule has 0 heterocycles. The van der Waals surface area contributed by atoms with Gasteiger partial charge in [0.2, 0.25) is 0 Å². The van der Waals surface area contributed by atoms with Crippen molar-refractivity contribution in [1.82, 2.24) is 0 Å². The van der Waals surface area contributed by atoms with Gasteiger partial charge in [-0.2, -0.15) is 0 Å². The van der Waals surface area contributed by atoms with Crippen LogP contribution < -0.4 is 5.32 Å². The number of amides is 1. The van der Waals surface area contributed by atoms with Gasteiger partial charge in [0.1, 0.15) is 0 Å². The molecule has 2 aromatic carbocycles. The van der Waals surface area contributed by atoms with Gasteiger partial charge in [0, 0.05) is 16.1 Å². The van der Waals surface area contributed by atoms with Crippen LogP contribution >= 0.6 is 11.8 Å². The van der Waals surface area contributed by atoms with E-state index in [4.69, 9.17) is 0 Å². The average Bonchev–Trinajstić information content (AvgIpc) is 2.48. The average molecular weight is 299 g/mol. The number of hydrogen-bond acceptors (Lipinski definition) is 3. The molecule has 0 atom stereocenters. The Hall–Kier alpha value is -2.07. The molecule has 2 aromatic rings. The zero-order chi connectivity index (χ0) is 15.2. The van der Waals surface area contributed by atoms with Crippen LogP contribution in [0.4, 0.5) is 5.69 Å². The van der Waals surface area contributed by atoms with E-state index in [-0.39, 0.29) is 11.7 Å². The summed E-state index contributed by atoms with van der Waals surface area (Å²) in [5.41, 5.74) is 1.87. The van der Waals surface area contributed by atoms with Crippen LogP contribution in [0, 0.1) is 0 Å². The van der Waals surface area contributed by atoms with Crippen molar-refractivity contribution in [3.8, 4) is 0 Å². The van der Waals surface area contributed by atoms with Gasteiger partial charge in [0.05, 0.1) is 5.56 Å². The Morgan fingerprint density at radius 3 is 2.57 bits per heavy atom. The first-order valence-corrected chi connectivity index (χ1v) is 7.74. The molecule has 0 saturated carbocycles. The van der Waals surface area contributed by atoms with E-state index in [2.05, 4.69) is 12.2 Å². The fourth-order valence-electron chi connectivity index (χ4n) is 1.95.